The highest BCUT2D eigenvalue weighted by Crippen LogP contribution is 2.31. The Balaban J connectivity index is 1.83. The van der Waals surface area contributed by atoms with E-state index in [1.807, 2.05) is 11.8 Å². The van der Waals surface area contributed by atoms with E-state index in [4.69, 9.17) is 5.73 Å². The molecule has 0 unspecified atom stereocenters. The first-order valence-corrected chi connectivity index (χ1v) is 8.67. The van der Waals surface area contributed by atoms with Crippen LogP contribution in [0.1, 0.15) is 33.1 Å². The third-order valence-electron chi connectivity index (χ3n) is 3.98. The van der Waals surface area contributed by atoms with E-state index >= 15 is 0 Å². The normalized spacial score (nSPS) is 22.4. The first kappa shape index (κ1) is 14.7. The van der Waals surface area contributed by atoms with Crippen molar-refractivity contribution in [1.82, 2.24) is 15.0 Å². The number of nitrogen functional groups attached to an aromatic ring is 1. The SMILES string of the molecule is CC1(C)CN(c2nc(N)nc(N3CCCCC3)n2)CCS1. The number of thioether (sulfide) groups is 1. The fraction of sp³-hybridized carbons (Fsp3) is 0.786. The summed E-state index contributed by atoms with van der Waals surface area (Å²) in [7, 11) is 0. The quantitative estimate of drug-likeness (QED) is 0.892. The standard InChI is InChI=1S/C14H24N6S/c1-14(2)10-20(8-9-21-14)13-17-11(15)16-12(18-13)19-6-4-3-5-7-19/h3-10H2,1-2H3,(H2,15,16,17,18). The van der Waals surface area contributed by atoms with E-state index in [1.54, 1.807) is 0 Å². The molecule has 0 bridgehead atoms. The first-order valence-electron chi connectivity index (χ1n) is 7.69. The Hall–Kier alpha value is -1.24. The molecule has 3 rings (SSSR count). The maximum absolute atomic E-state index is 5.92. The zero-order valence-electron chi connectivity index (χ0n) is 12.9. The molecule has 116 valence electrons. The molecule has 2 fully saturated rings. The molecule has 0 aromatic carbocycles. The molecular formula is C14H24N6S. The van der Waals surface area contributed by atoms with Crippen LogP contribution in [0.2, 0.25) is 0 Å². The van der Waals surface area contributed by atoms with Crippen LogP contribution in [0.4, 0.5) is 17.8 Å². The van der Waals surface area contributed by atoms with Crippen molar-refractivity contribution in [3.63, 3.8) is 0 Å². The summed E-state index contributed by atoms with van der Waals surface area (Å²) < 4.78 is 0.227. The van der Waals surface area contributed by atoms with Crippen LogP contribution in [-0.2, 0) is 0 Å². The molecule has 1 aromatic rings. The van der Waals surface area contributed by atoms with E-state index in [-0.39, 0.29) is 4.75 Å². The molecule has 0 radical (unpaired) electrons. The van der Waals surface area contributed by atoms with E-state index in [0.717, 1.165) is 43.8 Å². The number of rotatable bonds is 2. The van der Waals surface area contributed by atoms with Gasteiger partial charge in [-0.25, -0.2) is 0 Å². The largest absolute Gasteiger partial charge is 0.368 e. The van der Waals surface area contributed by atoms with Crippen molar-refractivity contribution in [2.24, 2.45) is 0 Å². The highest BCUT2D eigenvalue weighted by molar-refractivity contribution is 8.00. The maximum atomic E-state index is 5.92. The number of nitrogens with two attached hydrogens (primary N) is 1. The summed E-state index contributed by atoms with van der Waals surface area (Å²) in [5.41, 5.74) is 5.92. The summed E-state index contributed by atoms with van der Waals surface area (Å²) in [5.74, 6) is 2.90. The van der Waals surface area contributed by atoms with Crippen molar-refractivity contribution in [2.45, 2.75) is 37.9 Å². The van der Waals surface area contributed by atoms with Crippen LogP contribution in [0.5, 0.6) is 0 Å². The minimum absolute atomic E-state index is 0.227. The van der Waals surface area contributed by atoms with Gasteiger partial charge in [-0.3, -0.25) is 0 Å². The zero-order valence-corrected chi connectivity index (χ0v) is 13.7. The molecule has 0 atom stereocenters. The van der Waals surface area contributed by atoms with E-state index in [1.165, 1.54) is 19.3 Å². The van der Waals surface area contributed by atoms with E-state index in [2.05, 4.69) is 38.6 Å². The number of hydrogen-bond acceptors (Lipinski definition) is 7. The van der Waals surface area contributed by atoms with Gasteiger partial charge in [-0.1, -0.05) is 0 Å². The number of anilines is 3. The molecule has 2 saturated heterocycles. The van der Waals surface area contributed by atoms with Crippen LogP contribution in [-0.4, -0.2) is 51.6 Å². The number of piperidine rings is 1. The van der Waals surface area contributed by atoms with Crippen LogP contribution in [0.3, 0.4) is 0 Å². The van der Waals surface area contributed by atoms with E-state index in [0.29, 0.717) is 5.95 Å². The minimum Gasteiger partial charge on any atom is -0.368 e. The van der Waals surface area contributed by atoms with Gasteiger partial charge in [-0.15, -0.1) is 0 Å². The minimum atomic E-state index is 0.227. The Bertz CT molecular complexity index is 500. The molecule has 3 heterocycles. The first-order chi connectivity index (χ1) is 10.0. The van der Waals surface area contributed by atoms with Crippen molar-refractivity contribution >= 4 is 29.6 Å². The van der Waals surface area contributed by atoms with Gasteiger partial charge in [0, 0.05) is 36.7 Å². The summed E-state index contributed by atoms with van der Waals surface area (Å²) in [6, 6.07) is 0. The lowest BCUT2D eigenvalue weighted by Crippen LogP contribution is -2.44. The molecule has 2 aliphatic heterocycles. The smallest absolute Gasteiger partial charge is 0.232 e. The van der Waals surface area contributed by atoms with E-state index in [9.17, 15) is 0 Å². The average Bonchev–Trinajstić information content (AvgIpc) is 2.46. The Morgan fingerprint density at radius 3 is 2.29 bits per heavy atom. The second-order valence-corrected chi connectivity index (χ2v) is 8.17. The molecule has 1 aromatic heterocycles. The van der Waals surface area contributed by atoms with Crippen molar-refractivity contribution < 1.29 is 0 Å². The molecule has 0 aliphatic carbocycles. The Labute approximate surface area is 130 Å². The predicted molar refractivity (Wildman–Crippen MR) is 89.1 cm³/mol. The number of aromatic nitrogens is 3. The summed E-state index contributed by atoms with van der Waals surface area (Å²) in [4.78, 5) is 17.9. The molecule has 0 saturated carbocycles. The topological polar surface area (TPSA) is 71.2 Å². The van der Waals surface area contributed by atoms with Crippen LogP contribution in [0, 0.1) is 0 Å². The van der Waals surface area contributed by atoms with E-state index < -0.39 is 0 Å². The Morgan fingerprint density at radius 1 is 0.952 bits per heavy atom. The van der Waals surface area contributed by atoms with Gasteiger partial charge >= 0.3 is 0 Å². The Kier molecular flexibility index (Phi) is 4.10. The number of nitrogens with zero attached hydrogens (tertiary/aromatic N) is 5. The van der Waals surface area contributed by atoms with Crippen LogP contribution >= 0.6 is 11.8 Å². The van der Waals surface area contributed by atoms with Gasteiger partial charge in [0.05, 0.1) is 0 Å². The molecular weight excluding hydrogens is 284 g/mol. The number of hydrogen-bond donors (Lipinski definition) is 1. The lowest BCUT2D eigenvalue weighted by Gasteiger charge is -2.37. The van der Waals surface area contributed by atoms with Crippen LogP contribution in [0.15, 0.2) is 0 Å². The highest BCUT2D eigenvalue weighted by atomic mass is 32.2. The second kappa shape index (κ2) is 5.87. The lowest BCUT2D eigenvalue weighted by molar-refractivity contribution is 0.566. The molecule has 2 N–H and O–H groups in total. The monoisotopic (exact) mass is 308 g/mol. The molecule has 2 aliphatic rings. The van der Waals surface area contributed by atoms with Gasteiger partial charge in [0.25, 0.3) is 0 Å². The third-order valence-corrected chi connectivity index (χ3v) is 5.27. The van der Waals surface area contributed by atoms with Crippen molar-refractivity contribution in [2.75, 3.05) is 47.5 Å². The average molecular weight is 308 g/mol. The molecule has 7 heteroatoms. The lowest BCUT2D eigenvalue weighted by atomic mass is 10.1. The van der Waals surface area contributed by atoms with Gasteiger partial charge in [-0.05, 0) is 33.1 Å². The summed E-state index contributed by atoms with van der Waals surface area (Å²) in [5, 5.41) is 0. The van der Waals surface area contributed by atoms with Gasteiger partial charge in [-0.2, -0.15) is 26.7 Å². The fourth-order valence-corrected chi connectivity index (χ4v) is 4.04. The predicted octanol–water partition coefficient (Wildman–Crippen LogP) is 1.78. The summed E-state index contributed by atoms with van der Waals surface area (Å²) in [6.45, 7) is 8.48. The zero-order chi connectivity index (χ0) is 14.9. The van der Waals surface area contributed by atoms with Crippen LogP contribution < -0.4 is 15.5 Å². The fourth-order valence-electron chi connectivity index (χ4n) is 2.93. The maximum Gasteiger partial charge on any atom is 0.232 e. The van der Waals surface area contributed by atoms with Gasteiger partial charge < -0.3 is 15.5 Å². The van der Waals surface area contributed by atoms with Gasteiger partial charge in [0.1, 0.15) is 0 Å². The van der Waals surface area contributed by atoms with Crippen molar-refractivity contribution in [3.8, 4) is 0 Å². The van der Waals surface area contributed by atoms with Crippen molar-refractivity contribution in [1.29, 1.82) is 0 Å². The van der Waals surface area contributed by atoms with Crippen molar-refractivity contribution in [3.05, 3.63) is 0 Å². The molecule has 0 amide bonds. The summed E-state index contributed by atoms with van der Waals surface area (Å²) in [6.07, 6.45) is 3.70. The summed E-state index contributed by atoms with van der Waals surface area (Å²) >= 11 is 2.00. The molecule has 6 nitrogen and oxygen atoms in total. The molecule has 0 spiro atoms. The molecule has 21 heavy (non-hydrogen) atoms. The Morgan fingerprint density at radius 2 is 1.62 bits per heavy atom. The highest BCUT2D eigenvalue weighted by Gasteiger charge is 2.29. The van der Waals surface area contributed by atoms with Gasteiger partial charge in [0.15, 0.2) is 0 Å². The second-order valence-electron chi connectivity index (χ2n) is 6.37. The van der Waals surface area contributed by atoms with Gasteiger partial charge in [0.2, 0.25) is 17.8 Å². The van der Waals surface area contributed by atoms with Crippen LogP contribution in [0.25, 0.3) is 0 Å². The third kappa shape index (κ3) is 3.51.